The smallest absolute Gasteiger partial charge is 0.279 e. The van der Waals surface area contributed by atoms with Gasteiger partial charge < -0.3 is 9.80 Å². The highest BCUT2D eigenvalue weighted by Gasteiger charge is 2.22. The quantitative estimate of drug-likeness (QED) is 0.458. The fourth-order valence-electron chi connectivity index (χ4n) is 2.96. The number of carbonyl (C=O) groups is 1. The molecule has 0 radical (unpaired) electrons. The zero-order valence-corrected chi connectivity index (χ0v) is 14.8. The van der Waals surface area contributed by atoms with Gasteiger partial charge in [0.05, 0.1) is 22.1 Å². The van der Waals surface area contributed by atoms with Crippen LogP contribution >= 0.6 is 0 Å². The van der Waals surface area contributed by atoms with E-state index in [2.05, 4.69) is 11.1 Å². The van der Waals surface area contributed by atoms with Gasteiger partial charge in [-0.15, -0.1) is 0 Å². The summed E-state index contributed by atoms with van der Waals surface area (Å²) in [5.41, 5.74) is 0.240. The molecule has 1 aromatic carbocycles. The summed E-state index contributed by atoms with van der Waals surface area (Å²) in [6, 6.07) is 8.69. The van der Waals surface area contributed by atoms with Gasteiger partial charge in [-0.05, 0) is 30.3 Å². The Morgan fingerprint density at radius 3 is 2.71 bits per heavy atom. The summed E-state index contributed by atoms with van der Waals surface area (Å²) in [6.45, 7) is 1.89. The molecule has 1 aliphatic heterocycles. The highest BCUT2D eigenvalue weighted by molar-refractivity contribution is 5.92. The van der Waals surface area contributed by atoms with E-state index in [9.17, 15) is 24.6 Å². The molecule has 9 heteroatoms. The average molecular weight is 381 g/mol. The Morgan fingerprint density at radius 2 is 2.04 bits per heavy atom. The number of amides is 1. The van der Waals surface area contributed by atoms with Gasteiger partial charge in [0, 0.05) is 38.5 Å². The second-order valence-corrected chi connectivity index (χ2v) is 6.09. The van der Waals surface area contributed by atoms with Crippen LogP contribution in [0, 0.1) is 27.3 Å². The number of benzene rings is 1. The molecule has 0 bridgehead atoms. The number of halogens is 1. The molecule has 1 aromatic heterocycles. The number of pyridine rings is 1. The van der Waals surface area contributed by atoms with E-state index in [-0.39, 0.29) is 11.5 Å². The van der Waals surface area contributed by atoms with E-state index in [0.29, 0.717) is 37.6 Å². The van der Waals surface area contributed by atoms with Crippen LogP contribution in [0.5, 0.6) is 0 Å². The molecular weight excluding hydrogens is 365 g/mol. The SMILES string of the molecule is N#Cc1cccnc1N1CCN(C(=O)C=Cc2ccc(F)cc2[N+](=O)[O-])CC1. The molecule has 142 valence electrons. The Hall–Kier alpha value is -3.80. The lowest BCUT2D eigenvalue weighted by molar-refractivity contribution is -0.385. The lowest BCUT2D eigenvalue weighted by Crippen LogP contribution is -2.48. The predicted octanol–water partition coefficient (Wildman–Crippen LogP) is 2.36. The van der Waals surface area contributed by atoms with Crippen LogP contribution in [0.15, 0.2) is 42.6 Å². The highest BCUT2D eigenvalue weighted by Crippen LogP contribution is 2.22. The van der Waals surface area contributed by atoms with Crippen molar-refractivity contribution >= 4 is 23.5 Å². The third-order valence-electron chi connectivity index (χ3n) is 4.39. The monoisotopic (exact) mass is 381 g/mol. The van der Waals surface area contributed by atoms with Crippen molar-refractivity contribution in [3.63, 3.8) is 0 Å². The summed E-state index contributed by atoms with van der Waals surface area (Å²) in [5.74, 6) is -0.410. The van der Waals surface area contributed by atoms with E-state index >= 15 is 0 Å². The van der Waals surface area contributed by atoms with Crippen LogP contribution in [0.3, 0.4) is 0 Å². The first kappa shape index (κ1) is 19.0. The first-order chi connectivity index (χ1) is 13.5. The van der Waals surface area contributed by atoms with Crippen molar-refractivity contribution in [1.29, 1.82) is 5.26 Å². The summed E-state index contributed by atoms with van der Waals surface area (Å²) in [7, 11) is 0. The zero-order chi connectivity index (χ0) is 20.1. The topological polar surface area (TPSA) is 103 Å². The molecule has 0 aliphatic carbocycles. The minimum Gasteiger partial charge on any atom is -0.352 e. The van der Waals surface area contributed by atoms with Gasteiger partial charge in [-0.2, -0.15) is 5.26 Å². The third kappa shape index (κ3) is 4.12. The van der Waals surface area contributed by atoms with E-state index in [1.54, 1.807) is 23.2 Å². The molecule has 1 amide bonds. The predicted molar refractivity (Wildman–Crippen MR) is 99.8 cm³/mol. The van der Waals surface area contributed by atoms with Crippen molar-refractivity contribution in [2.75, 3.05) is 31.1 Å². The van der Waals surface area contributed by atoms with Crippen molar-refractivity contribution < 1.29 is 14.1 Å². The molecule has 0 N–H and O–H groups in total. The largest absolute Gasteiger partial charge is 0.352 e. The average Bonchev–Trinajstić information content (AvgIpc) is 2.72. The van der Waals surface area contributed by atoms with Crippen LogP contribution < -0.4 is 4.90 Å². The molecule has 0 spiro atoms. The number of hydrogen-bond acceptors (Lipinski definition) is 6. The number of aromatic nitrogens is 1. The first-order valence-corrected chi connectivity index (χ1v) is 8.50. The number of piperazine rings is 1. The van der Waals surface area contributed by atoms with Crippen LogP contribution in [-0.4, -0.2) is 46.9 Å². The van der Waals surface area contributed by atoms with Crippen molar-refractivity contribution in [3.05, 3.63) is 69.7 Å². The molecule has 1 fully saturated rings. The standard InChI is InChI=1S/C19H16FN5O3/c20-16-5-3-14(17(12-16)25(27)28)4-6-18(26)23-8-10-24(11-9-23)19-15(13-21)2-1-7-22-19/h1-7,12H,8-11H2. The molecule has 2 aromatic rings. The summed E-state index contributed by atoms with van der Waals surface area (Å²) >= 11 is 0. The fourth-order valence-corrected chi connectivity index (χ4v) is 2.96. The molecular formula is C19H16FN5O3. The molecule has 1 saturated heterocycles. The van der Waals surface area contributed by atoms with Gasteiger partial charge in [0.25, 0.3) is 5.69 Å². The van der Waals surface area contributed by atoms with Gasteiger partial charge in [-0.1, -0.05) is 0 Å². The van der Waals surface area contributed by atoms with Crippen molar-refractivity contribution in [3.8, 4) is 6.07 Å². The van der Waals surface area contributed by atoms with Gasteiger partial charge in [-0.3, -0.25) is 14.9 Å². The Morgan fingerprint density at radius 1 is 1.29 bits per heavy atom. The van der Waals surface area contributed by atoms with Crippen molar-refractivity contribution in [2.45, 2.75) is 0 Å². The van der Waals surface area contributed by atoms with Crippen molar-refractivity contribution in [2.24, 2.45) is 0 Å². The maximum absolute atomic E-state index is 13.2. The lowest BCUT2D eigenvalue weighted by atomic mass is 10.1. The number of carbonyl (C=O) groups excluding carboxylic acids is 1. The molecule has 0 saturated carbocycles. The van der Waals surface area contributed by atoms with Crippen LogP contribution in [0.4, 0.5) is 15.9 Å². The molecule has 1 aliphatic rings. The number of anilines is 1. The molecule has 28 heavy (non-hydrogen) atoms. The zero-order valence-electron chi connectivity index (χ0n) is 14.8. The fraction of sp³-hybridized carbons (Fsp3) is 0.211. The second kappa shape index (κ2) is 8.26. The molecule has 8 nitrogen and oxygen atoms in total. The third-order valence-corrected chi connectivity index (χ3v) is 4.39. The minimum atomic E-state index is -0.711. The summed E-state index contributed by atoms with van der Waals surface area (Å²) in [6.07, 6.45) is 4.18. The number of hydrogen-bond donors (Lipinski definition) is 0. The van der Waals surface area contributed by atoms with Gasteiger partial charge >= 0.3 is 0 Å². The number of nitriles is 1. The van der Waals surface area contributed by atoms with Crippen LogP contribution in [0.25, 0.3) is 6.08 Å². The molecule has 2 heterocycles. The normalized spacial score (nSPS) is 14.1. The van der Waals surface area contributed by atoms with E-state index in [0.717, 1.165) is 12.1 Å². The second-order valence-electron chi connectivity index (χ2n) is 6.09. The Labute approximate surface area is 160 Å². The molecule has 0 atom stereocenters. The van der Waals surface area contributed by atoms with Gasteiger partial charge in [0.15, 0.2) is 0 Å². The Bertz CT molecular complexity index is 978. The van der Waals surface area contributed by atoms with E-state index in [4.69, 9.17) is 0 Å². The number of nitro benzene ring substituents is 1. The minimum absolute atomic E-state index is 0.158. The van der Waals surface area contributed by atoms with Crippen LogP contribution in [0.2, 0.25) is 0 Å². The molecule has 0 unspecified atom stereocenters. The lowest BCUT2D eigenvalue weighted by Gasteiger charge is -2.35. The van der Waals surface area contributed by atoms with Gasteiger partial charge in [0.2, 0.25) is 5.91 Å². The maximum Gasteiger partial charge on any atom is 0.279 e. The number of nitro groups is 1. The number of nitrogens with zero attached hydrogens (tertiary/aromatic N) is 5. The Balaban J connectivity index is 1.66. The first-order valence-electron chi connectivity index (χ1n) is 8.50. The van der Waals surface area contributed by atoms with Gasteiger partial charge in [-0.25, -0.2) is 9.37 Å². The number of rotatable bonds is 4. The summed E-state index contributed by atoms with van der Waals surface area (Å²) < 4.78 is 13.2. The molecule has 3 rings (SSSR count). The van der Waals surface area contributed by atoms with Gasteiger partial charge in [0.1, 0.15) is 17.7 Å². The van der Waals surface area contributed by atoms with Crippen LogP contribution in [0.1, 0.15) is 11.1 Å². The summed E-state index contributed by atoms with van der Waals surface area (Å²) in [5, 5.41) is 20.2. The maximum atomic E-state index is 13.2. The van der Waals surface area contributed by atoms with E-state index in [1.165, 1.54) is 18.2 Å². The van der Waals surface area contributed by atoms with E-state index < -0.39 is 16.4 Å². The van der Waals surface area contributed by atoms with Crippen LogP contribution in [-0.2, 0) is 4.79 Å². The summed E-state index contributed by atoms with van der Waals surface area (Å²) in [4.78, 5) is 30.5. The highest BCUT2D eigenvalue weighted by atomic mass is 19.1. The van der Waals surface area contributed by atoms with Crippen molar-refractivity contribution in [1.82, 2.24) is 9.88 Å². The van der Waals surface area contributed by atoms with E-state index in [1.807, 2.05) is 4.90 Å². The Kier molecular flexibility index (Phi) is 5.60.